The quantitative estimate of drug-likeness (QED) is 0.713. The van der Waals surface area contributed by atoms with Crippen LogP contribution in [-0.2, 0) is 6.54 Å². The number of anilines is 3. The third-order valence-electron chi connectivity index (χ3n) is 3.82. The average molecular weight is 335 g/mol. The van der Waals surface area contributed by atoms with Crippen LogP contribution in [0, 0.1) is 13.8 Å². The molecular weight excluding hydrogens is 314 g/mol. The Morgan fingerprint density at radius 3 is 2.56 bits per heavy atom. The van der Waals surface area contributed by atoms with E-state index in [1.165, 1.54) is 5.56 Å². The Morgan fingerprint density at radius 1 is 1.04 bits per heavy atom. The lowest BCUT2D eigenvalue weighted by atomic mass is 10.1. The molecule has 1 heterocycles. The molecule has 1 aromatic heterocycles. The van der Waals surface area contributed by atoms with Crippen LogP contribution in [0.15, 0.2) is 48.7 Å². The van der Waals surface area contributed by atoms with E-state index in [-0.39, 0.29) is 0 Å². The van der Waals surface area contributed by atoms with E-state index in [2.05, 4.69) is 51.8 Å². The summed E-state index contributed by atoms with van der Waals surface area (Å²) in [5, 5.41) is 14.5. The van der Waals surface area contributed by atoms with E-state index in [4.69, 9.17) is 4.74 Å². The largest absolute Gasteiger partial charge is 0.497 e. The number of hydrogen-bond acceptors (Lipinski definition) is 6. The maximum absolute atomic E-state index is 5.16. The molecule has 128 valence electrons. The molecule has 0 aliphatic heterocycles. The first-order valence-electron chi connectivity index (χ1n) is 8.05. The molecule has 6 nitrogen and oxygen atoms in total. The Balaban J connectivity index is 1.66. The molecule has 3 rings (SSSR count). The fourth-order valence-corrected chi connectivity index (χ4v) is 2.45. The summed E-state index contributed by atoms with van der Waals surface area (Å²) < 4.78 is 5.16. The molecule has 0 spiro atoms. The van der Waals surface area contributed by atoms with Crippen molar-refractivity contribution in [2.75, 3.05) is 17.7 Å². The van der Waals surface area contributed by atoms with E-state index < -0.39 is 0 Å². The van der Waals surface area contributed by atoms with E-state index in [0.29, 0.717) is 18.3 Å². The maximum atomic E-state index is 5.16. The SMILES string of the molecule is COc1ccc(CNc2cnnc(Nc3ccc(C)cc3C)n2)cc1. The topological polar surface area (TPSA) is 72.0 Å². The molecule has 0 aliphatic rings. The normalized spacial score (nSPS) is 10.4. The van der Waals surface area contributed by atoms with Gasteiger partial charge in [0.05, 0.1) is 13.3 Å². The molecule has 0 radical (unpaired) electrons. The summed E-state index contributed by atoms with van der Waals surface area (Å²) in [7, 11) is 1.66. The summed E-state index contributed by atoms with van der Waals surface area (Å²) in [6.07, 6.45) is 1.61. The number of benzene rings is 2. The monoisotopic (exact) mass is 335 g/mol. The summed E-state index contributed by atoms with van der Waals surface area (Å²) in [5.41, 5.74) is 4.46. The number of aryl methyl sites for hydroxylation is 2. The van der Waals surface area contributed by atoms with Gasteiger partial charge in [0.1, 0.15) is 5.75 Å². The Morgan fingerprint density at radius 2 is 1.84 bits per heavy atom. The minimum absolute atomic E-state index is 0.465. The van der Waals surface area contributed by atoms with Crippen LogP contribution in [0.1, 0.15) is 16.7 Å². The van der Waals surface area contributed by atoms with Crippen molar-refractivity contribution in [2.24, 2.45) is 0 Å². The second-order valence-electron chi connectivity index (χ2n) is 5.81. The van der Waals surface area contributed by atoms with Gasteiger partial charge in [0.25, 0.3) is 0 Å². The van der Waals surface area contributed by atoms with Gasteiger partial charge in [-0.25, -0.2) is 0 Å². The summed E-state index contributed by atoms with van der Waals surface area (Å²) in [6, 6.07) is 14.1. The lowest BCUT2D eigenvalue weighted by molar-refractivity contribution is 0.414. The molecule has 0 amide bonds. The first-order chi connectivity index (χ1) is 12.1. The molecule has 0 fully saturated rings. The number of nitrogens with one attached hydrogen (secondary N) is 2. The van der Waals surface area contributed by atoms with Crippen LogP contribution in [-0.4, -0.2) is 22.3 Å². The highest BCUT2D eigenvalue weighted by Gasteiger charge is 2.04. The van der Waals surface area contributed by atoms with Crippen LogP contribution in [0.3, 0.4) is 0 Å². The van der Waals surface area contributed by atoms with Gasteiger partial charge in [-0.15, -0.1) is 5.10 Å². The lowest BCUT2D eigenvalue weighted by Gasteiger charge is -2.10. The smallest absolute Gasteiger partial charge is 0.249 e. The predicted molar refractivity (Wildman–Crippen MR) is 99.3 cm³/mol. The zero-order valence-electron chi connectivity index (χ0n) is 14.6. The van der Waals surface area contributed by atoms with Crippen molar-refractivity contribution in [1.29, 1.82) is 0 Å². The molecule has 2 N–H and O–H groups in total. The maximum Gasteiger partial charge on any atom is 0.249 e. The summed E-state index contributed by atoms with van der Waals surface area (Å²) in [5.74, 6) is 1.97. The second kappa shape index (κ2) is 7.61. The third kappa shape index (κ3) is 4.44. The minimum Gasteiger partial charge on any atom is -0.497 e. The number of ether oxygens (including phenoxy) is 1. The zero-order chi connectivity index (χ0) is 17.6. The average Bonchev–Trinajstić information content (AvgIpc) is 2.63. The van der Waals surface area contributed by atoms with E-state index in [9.17, 15) is 0 Å². The van der Waals surface area contributed by atoms with Gasteiger partial charge in [0.15, 0.2) is 5.82 Å². The number of hydrogen-bond donors (Lipinski definition) is 2. The van der Waals surface area contributed by atoms with Crippen molar-refractivity contribution in [3.05, 3.63) is 65.4 Å². The highest BCUT2D eigenvalue weighted by atomic mass is 16.5. The second-order valence-corrected chi connectivity index (χ2v) is 5.81. The van der Waals surface area contributed by atoms with Crippen molar-refractivity contribution >= 4 is 17.5 Å². The summed E-state index contributed by atoms with van der Waals surface area (Å²) >= 11 is 0. The van der Waals surface area contributed by atoms with Crippen LogP contribution >= 0.6 is 0 Å². The molecule has 0 aliphatic carbocycles. The number of aromatic nitrogens is 3. The molecule has 0 bridgehead atoms. The van der Waals surface area contributed by atoms with Crippen molar-refractivity contribution < 1.29 is 4.74 Å². The highest BCUT2D eigenvalue weighted by molar-refractivity contribution is 5.59. The molecular formula is C19H21N5O. The Labute approximate surface area is 147 Å². The Kier molecular flexibility index (Phi) is 5.09. The van der Waals surface area contributed by atoms with Gasteiger partial charge >= 0.3 is 0 Å². The number of methoxy groups -OCH3 is 1. The summed E-state index contributed by atoms with van der Waals surface area (Å²) in [6.45, 7) is 4.76. The molecule has 0 saturated heterocycles. The summed E-state index contributed by atoms with van der Waals surface area (Å²) in [4.78, 5) is 4.46. The van der Waals surface area contributed by atoms with Crippen LogP contribution in [0.25, 0.3) is 0 Å². The minimum atomic E-state index is 0.465. The van der Waals surface area contributed by atoms with Gasteiger partial charge < -0.3 is 15.4 Å². The van der Waals surface area contributed by atoms with E-state index >= 15 is 0 Å². The van der Waals surface area contributed by atoms with Gasteiger partial charge in [-0.05, 0) is 43.2 Å². The van der Waals surface area contributed by atoms with Gasteiger partial charge in [-0.1, -0.05) is 29.8 Å². The van der Waals surface area contributed by atoms with Gasteiger partial charge in [0, 0.05) is 12.2 Å². The van der Waals surface area contributed by atoms with E-state index in [1.54, 1.807) is 13.3 Å². The van der Waals surface area contributed by atoms with E-state index in [1.807, 2.05) is 30.3 Å². The fraction of sp³-hybridized carbons (Fsp3) is 0.211. The first-order valence-corrected chi connectivity index (χ1v) is 8.05. The van der Waals surface area contributed by atoms with Crippen molar-refractivity contribution in [2.45, 2.75) is 20.4 Å². The van der Waals surface area contributed by atoms with Crippen LogP contribution < -0.4 is 15.4 Å². The van der Waals surface area contributed by atoms with Crippen LogP contribution in [0.2, 0.25) is 0 Å². The molecule has 2 aromatic carbocycles. The first kappa shape index (κ1) is 16.7. The highest BCUT2D eigenvalue weighted by Crippen LogP contribution is 2.19. The molecule has 3 aromatic rings. The molecule has 6 heteroatoms. The molecule has 25 heavy (non-hydrogen) atoms. The third-order valence-corrected chi connectivity index (χ3v) is 3.82. The van der Waals surface area contributed by atoms with Gasteiger partial charge in [-0.3, -0.25) is 0 Å². The van der Waals surface area contributed by atoms with Crippen molar-refractivity contribution in [1.82, 2.24) is 15.2 Å². The fourth-order valence-electron chi connectivity index (χ4n) is 2.45. The number of nitrogens with zero attached hydrogens (tertiary/aromatic N) is 3. The zero-order valence-corrected chi connectivity index (χ0v) is 14.6. The van der Waals surface area contributed by atoms with Crippen LogP contribution in [0.4, 0.5) is 17.5 Å². The van der Waals surface area contributed by atoms with Crippen molar-refractivity contribution in [3.8, 4) is 5.75 Å². The molecule has 0 atom stereocenters. The molecule has 0 unspecified atom stereocenters. The Hall–Kier alpha value is -3.15. The Bertz CT molecular complexity index is 849. The predicted octanol–water partition coefficient (Wildman–Crippen LogP) is 3.85. The van der Waals surface area contributed by atoms with Crippen LogP contribution in [0.5, 0.6) is 5.75 Å². The van der Waals surface area contributed by atoms with E-state index in [0.717, 1.165) is 22.6 Å². The van der Waals surface area contributed by atoms with Gasteiger partial charge in [0.2, 0.25) is 5.95 Å². The van der Waals surface area contributed by atoms with Crippen molar-refractivity contribution in [3.63, 3.8) is 0 Å². The number of rotatable bonds is 6. The molecule has 0 saturated carbocycles. The standard InChI is InChI=1S/C19H21N5O/c1-13-4-9-17(14(2)10-13)22-19-23-18(12-21-24-19)20-11-15-5-7-16(25-3)8-6-15/h4-10,12H,11H2,1-3H3,(H2,20,22,23,24). The van der Waals surface area contributed by atoms with Gasteiger partial charge in [-0.2, -0.15) is 10.1 Å². The lowest BCUT2D eigenvalue weighted by Crippen LogP contribution is -2.06.